The summed E-state index contributed by atoms with van der Waals surface area (Å²) in [6, 6.07) is 8.78. The highest BCUT2D eigenvalue weighted by Gasteiger charge is 2.21. The fourth-order valence-electron chi connectivity index (χ4n) is 2.34. The minimum atomic E-state index is 0.636. The molecule has 1 aliphatic rings. The van der Waals surface area contributed by atoms with Crippen LogP contribution in [0.3, 0.4) is 0 Å². The van der Waals surface area contributed by atoms with Crippen LogP contribution < -0.4 is 4.90 Å². The van der Waals surface area contributed by atoms with Crippen LogP contribution in [0.4, 0.5) is 5.69 Å². The van der Waals surface area contributed by atoms with Crippen LogP contribution in [0.1, 0.15) is 30.9 Å². The number of aryl methyl sites for hydroxylation is 1. The topological polar surface area (TPSA) is 27.0 Å². The smallest absolute Gasteiger partial charge is 0.0991 e. The van der Waals surface area contributed by atoms with Crippen LogP contribution in [0.5, 0.6) is 0 Å². The summed E-state index contributed by atoms with van der Waals surface area (Å²) in [5, 5.41) is 8.81. The zero-order valence-electron chi connectivity index (χ0n) is 9.33. The number of rotatable bonds is 1. The molecule has 2 nitrogen and oxygen atoms in total. The molecule has 1 atom stereocenters. The maximum absolute atomic E-state index is 8.81. The highest BCUT2D eigenvalue weighted by Crippen LogP contribution is 2.28. The van der Waals surface area contributed by atoms with Gasteiger partial charge in [-0.2, -0.15) is 5.26 Å². The lowest BCUT2D eigenvalue weighted by Crippen LogP contribution is -2.26. The minimum absolute atomic E-state index is 0.636. The molecule has 1 aliphatic heterocycles. The SMILES string of the molecule is Cc1cc(C#N)ccc1N1CCC[C@H]1C. The lowest BCUT2D eigenvalue weighted by Gasteiger charge is -2.25. The minimum Gasteiger partial charge on any atom is -0.369 e. The van der Waals surface area contributed by atoms with Gasteiger partial charge in [-0.15, -0.1) is 0 Å². The molecule has 78 valence electrons. The Morgan fingerprint density at radius 1 is 1.47 bits per heavy atom. The normalized spacial score (nSPS) is 20.3. The van der Waals surface area contributed by atoms with E-state index < -0.39 is 0 Å². The third-order valence-corrected chi connectivity index (χ3v) is 3.19. The summed E-state index contributed by atoms with van der Waals surface area (Å²) in [6.45, 7) is 5.50. The van der Waals surface area contributed by atoms with Crippen LogP contribution in [-0.4, -0.2) is 12.6 Å². The van der Waals surface area contributed by atoms with E-state index in [4.69, 9.17) is 5.26 Å². The van der Waals surface area contributed by atoms with Crippen molar-refractivity contribution in [2.45, 2.75) is 32.7 Å². The van der Waals surface area contributed by atoms with Crippen molar-refractivity contribution in [3.05, 3.63) is 29.3 Å². The fourth-order valence-corrected chi connectivity index (χ4v) is 2.34. The fraction of sp³-hybridized carbons (Fsp3) is 0.462. The van der Waals surface area contributed by atoms with E-state index in [0.717, 1.165) is 12.1 Å². The van der Waals surface area contributed by atoms with Crippen molar-refractivity contribution in [3.8, 4) is 6.07 Å². The van der Waals surface area contributed by atoms with Crippen LogP contribution in [0, 0.1) is 18.3 Å². The standard InChI is InChI=1S/C13H16N2/c1-10-8-12(9-14)5-6-13(10)15-7-3-4-11(15)2/h5-6,8,11H,3-4,7H2,1-2H3/t11-/m1/s1. The van der Waals surface area contributed by atoms with E-state index in [2.05, 4.69) is 30.9 Å². The van der Waals surface area contributed by atoms with Crippen LogP contribution in [0.2, 0.25) is 0 Å². The molecule has 0 radical (unpaired) electrons. The monoisotopic (exact) mass is 200 g/mol. The van der Waals surface area contributed by atoms with Crippen LogP contribution in [0.25, 0.3) is 0 Å². The number of anilines is 1. The molecule has 0 saturated carbocycles. The van der Waals surface area contributed by atoms with Crippen LogP contribution >= 0.6 is 0 Å². The number of nitriles is 1. The molecule has 1 aromatic rings. The zero-order valence-corrected chi connectivity index (χ0v) is 9.33. The van der Waals surface area contributed by atoms with Crippen molar-refractivity contribution in [1.82, 2.24) is 0 Å². The molecular weight excluding hydrogens is 184 g/mol. The first-order chi connectivity index (χ1) is 7.22. The maximum atomic E-state index is 8.81. The summed E-state index contributed by atoms with van der Waals surface area (Å²) in [7, 11) is 0. The van der Waals surface area contributed by atoms with Gasteiger partial charge >= 0.3 is 0 Å². The van der Waals surface area contributed by atoms with Crippen molar-refractivity contribution >= 4 is 5.69 Å². The Labute approximate surface area is 91.1 Å². The van der Waals surface area contributed by atoms with Crippen molar-refractivity contribution in [2.75, 3.05) is 11.4 Å². The van der Waals surface area contributed by atoms with Crippen LogP contribution in [-0.2, 0) is 0 Å². The molecule has 0 bridgehead atoms. The molecule has 1 aromatic carbocycles. The largest absolute Gasteiger partial charge is 0.369 e. The average Bonchev–Trinajstić information content (AvgIpc) is 2.64. The molecule has 1 heterocycles. The molecule has 1 fully saturated rings. The summed E-state index contributed by atoms with van der Waals surface area (Å²) in [5.41, 5.74) is 3.25. The van der Waals surface area contributed by atoms with E-state index in [0.29, 0.717) is 6.04 Å². The maximum Gasteiger partial charge on any atom is 0.0991 e. The Balaban J connectivity index is 2.33. The van der Waals surface area contributed by atoms with Gasteiger partial charge in [-0.3, -0.25) is 0 Å². The Morgan fingerprint density at radius 3 is 2.80 bits per heavy atom. The van der Waals surface area contributed by atoms with Crippen molar-refractivity contribution in [1.29, 1.82) is 5.26 Å². The molecule has 2 rings (SSSR count). The third-order valence-electron chi connectivity index (χ3n) is 3.19. The molecule has 1 saturated heterocycles. The summed E-state index contributed by atoms with van der Waals surface area (Å²) in [5.74, 6) is 0. The Bertz CT molecular complexity index is 403. The van der Waals surface area contributed by atoms with Crippen LogP contribution in [0.15, 0.2) is 18.2 Å². The summed E-state index contributed by atoms with van der Waals surface area (Å²) >= 11 is 0. The van der Waals surface area contributed by atoms with Gasteiger partial charge < -0.3 is 4.90 Å². The molecule has 0 N–H and O–H groups in total. The van der Waals surface area contributed by atoms with E-state index in [1.165, 1.54) is 24.1 Å². The second kappa shape index (κ2) is 3.94. The van der Waals surface area contributed by atoms with E-state index in [1.54, 1.807) is 0 Å². The molecular formula is C13H16N2. The molecule has 0 aromatic heterocycles. The van der Waals surface area contributed by atoms with E-state index >= 15 is 0 Å². The van der Waals surface area contributed by atoms with Gasteiger partial charge in [0.25, 0.3) is 0 Å². The van der Waals surface area contributed by atoms with Gasteiger partial charge in [0.1, 0.15) is 0 Å². The van der Waals surface area contributed by atoms with Crippen molar-refractivity contribution < 1.29 is 0 Å². The van der Waals surface area contributed by atoms with Crippen molar-refractivity contribution in [3.63, 3.8) is 0 Å². The quantitative estimate of drug-likeness (QED) is 0.697. The third kappa shape index (κ3) is 1.83. The van der Waals surface area contributed by atoms with Gasteiger partial charge in [-0.1, -0.05) is 0 Å². The average molecular weight is 200 g/mol. The molecule has 0 unspecified atom stereocenters. The van der Waals surface area contributed by atoms with Gasteiger partial charge in [0, 0.05) is 18.3 Å². The summed E-state index contributed by atoms with van der Waals surface area (Å²) < 4.78 is 0. The van der Waals surface area contributed by atoms with Gasteiger partial charge in [0.2, 0.25) is 0 Å². The molecule has 2 heteroatoms. The molecule has 0 amide bonds. The Kier molecular flexibility index (Phi) is 2.64. The number of nitrogens with zero attached hydrogens (tertiary/aromatic N) is 2. The lowest BCUT2D eigenvalue weighted by molar-refractivity contribution is 0.733. The highest BCUT2D eigenvalue weighted by atomic mass is 15.2. The highest BCUT2D eigenvalue weighted by molar-refractivity contribution is 5.57. The van der Waals surface area contributed by atoms with Gasteiger partial charge in [0.15, 0.2) is 0 Å². The lowest BCUT2D eigenvalue weighted by atomic mass is 10.1. The Hall–Kier alpha value is -1.49. The number of hydrogen-bond acceptors (Lipinski definition) is 2. The number of benzene rings is 1. The first-order valence-electron chi connectivity index (χ1n) is 5.50. The first kappa shape index (κ1) is 10.0. The second-order valence-electron chi connectivity index (χ2n) is 4.30. The summed E-state index contributed by atoms with van der Waals surface area (Å²) in [4.78, 5) is 2.44. The molecule has 15 heavy (non-hydrogen) atoms. The van der Waals surface area contributed by atoms with E-state index in [9.17, 15) is 0 Å². The first-order valence-corrected chi connectivity index (χ1v) is 5.50. The van der Waals surface area contributed by atoms with Gasteiger partial charge in [-0.05, 0) is 50.5 Å². The van der Waals surface area contributed by atoms with Crippen molar-refractivity contribution in [2.24, 2.45) is 0 Å². The predicted molar refractivity (Wildman–Crippen MR) is 61.9 cm³/mol. The molecule has 0 spiro atoms. The Morgan fingerprint density at radius 2 is 2.27 bits per heavy atom. The molecule has 0 aliphatic carbocycles. The predicted octanol–water partition coefficient (Wildman–Crippen LogP) is 2.86. The summed E-state index contributed by atoms with van der Waals surface area (Å²) in [6.07, 6.45) is 2.56. The number of hydrogen-bond donors (Lipinski definition) is 0. The zero-order chi connectivity index (χ0) is 10.8. The second-order valence-corrected chi connectivity index (χ2v) is 4.30. The van der Waals surface area contributed by atoms with E-state index in [-0.39, 0.29) is 0 Å². The van der Waals surface area contributed by atoms with Gasteiger partial charge in [0.05, 0.1) is 11.6 Å². The van der Waals surface area contributed by atoms with Gasteiger partial charge in [-0.25, -0.2) is 0 Å². The van der Waals surface area contributed by atoms with E-state index in [1.807, 2.05) is 12.1 Å².